The number of carbonyl (C=O) groups is 3. The van der Waals surface area contributed by atoms with Crippen molar-refractivity contribution in [3.63, 3.8) is 0 Å². The molecule has 3 N–H and O–H groups in total. The third-order valence-electron chi connectivity index (χ3n) is 8.50. The Bertz CT molecular complexity index is 1660. The minimum atomic E-state index is -0.510. The minimum Gasteiger partial charge on any atom is -0.327 e. The molecule has 0 unspecified atom stereocenters. The van der Waals surface area contributed by atoms with Crippen LogP contribution in [0.25, 0.3) is 12.2 Å². The van der Waals surface area contributed by atoms with Crippen LogP contribution in [0.4, 0.5) is 11.4 Å². The molecule has 4 aromatic carbocycles. The van der Waals surface area contributed by atoms with Gasteiger partial charge >= 0.3 is 0 Å². The highest BCUT2D eigenvalue weighted by molar-refractivity contribution is 6.02. The standard InChI is InChI=1S/C38H38N4O3/c43-36(34-12-6-24-39-34)40-31-20-16-27(17-21-31)14-15-28-18-22-32(23-19-28)41-37(44)35-13-7-25-42(35)38(45)33-11-5-4-10-30(33)26-29-8-2-1-3-9-29/h1-5,8-11,14-23,34-35,39H,6-7,12-13,24-26H2,(H,40,43)(H,41,44)/b15-14+/t34-,35-/m0/s1. The van der Waals surface area contributed by atoms with E-state index in [0.717, 1.165) is 53.7 Å². The van der Waals surface area contributed by atoms with E-state index in [1.165, 1.54) is 0 Å². The van der Waals surface area contributed by atoms with E-state index in [4.69, 9.17) is 0 Å². The van der Waals surface area contributed by atoms with Gasteiger partial charge in [0.15, 0.2) is 0 Å². The number of carbonyl (C=O) groups excluding carboxylic acids is 3. The normalized spacial score (nSPS) is 17.8. The molecule has 3 amide bonds. The average Bonchev–Trinajstić information content (AvgIpc) is 3.79. The van der Waals surface area contributed by atoms with Crippen molar-refractivity contribution < 1.29 is 14.4 Å². The lowest BCUT2D eigenvalue weighted by molar-refractivity contribution is -0.120. The molecule has 2 saturated heterocycles. The van der Waals surface area contributed by atoms with Crippen molar-refractivity contribution in [2.75, 3.05) is 23.7 Å². The van der Waals surface area contributed by atoms with Gasteiger partial charge in [-0.3, -0.25) is 14.4 Å². The molecule has 0 aliphatic carbocycles. The van der Waals surface area contributed by atoms with E-state index in [-0.39, 0.29) is 23.8 Å². The third-order valence-corrected chi connectivity index (χ3v) is 8.50. The second-order valence-electron chi connectivity index (χ2n) is 11.7. The summed E-state index contributed by atoms with van der Waals surface area (Å²) in [5, 5.41) is 9.21. The van der Waals surface area contributed by atoms with Gasteiger partial charge in [-0.15, -0.1) is 0 Å². The molecule has 0 saturated carbocycles. The quantitative estimate of drug-likeness (QED) is 0.195. The number of anilines is 2. The van der Waals surface area contributed by atoms with E-state index in [2.05, 4.69) is 28.1 Å². The molecule has 228 valence electrons. The van der Waals surface area contributed by atoms with E-state index >= 15 is 0 Å². The number of hydrogen-bond donors (Lipinski definition) is 3. The van der Waals surface area contributed by atoms with Gasteiger partial charge in [-0.05, 0) is 91.2 Å². The number of hydrogen-bond acceptors (Lipinski definition) is 4. The molecule has 0 bridgehead atoms. The van der Waals surface area contributed by atoms with Gasteiger partial charge in [-0.2, -0.15) is 0 Å². The van der Waals surface area contributed by atoms with Gasteiger partial charge in [0.25, 0.3) is 5.91 Å². The first-order valence-corrected chi connectivity index (χ1v) is 15.7. The molecule has 4 aromatic rings. The molecule has 0 spiro atoms. The molecule has 7 heteroatoms. The predicted molar refractivity (Wildman–Crippen MR) is 180 cm³/mol. The van der Waals surface area contributed by atoms with E-state index in [9.17, 15) is 14.4 Å². The maximum absolute atomic E-state index is 13.7. The predicted octanol–water partition coefficient (Wildman–Crippen LogP) is 6.38. The Morgan fingerprint density at radius 1 is 0.711 bits per heavy atom. The van der Waals surface area contributed by atoms with E-state index in [1.807, 2.05) is 103 Å². The van der Waals surface area contributed by atoms with Crippen molar-refractivity contribution in [1.29, 1.82) is 0 Å². The monoisotopic (exact) mass is 598 g/mol. The Balaban J connectivity index is 1.04. The molecule has 2 heterocycles. The molecule has 2 atom stereocenters. The SMILES string of the molecule is O=C(Nc1ccc(/C=C/c2ccc(NC(=O)[C@@H]3CCCN3C(=O)c3ccccc3Cc3ccccc3)cc2)cc1)[C@@H]1CCCN1. The third kappa shape index (κ3) is 7.56. The second-order valence-corrected chi connectivity index (χ2v) is 11.7. The molecule has 2 aliphatic heterocycles. The topological polar surface area (TPSA) is 90.5 Å². The second kappa shape index (κ2) is 14.2. The summed E-state index contributed by atoms with van der Waals surface area (Å²) in [7, 11) is 0. The van der Waals surface area contributed by atoms with E-state index in [1.54, 1.807) is 4.90 Å². The average molecular weight is 599 g/mol. The lowest BCUT2D eigenvalue weighted by Crippen LogP contribution is -2.43. The van der Waals surface area contributed by atoms with Crippen molar-refractivity contribution >= 4 is 41.2 Å². The van der Waals surface area contributed by atoms with Gasteiger partial charge in [0.1, 0.15) is 6.04 Å². The summed E-state index contributed by atoms with van der Waals surface area (Å²) in [4.78, 5) is 41.1. The highest BCUT2D eigenvalue weighted by Crippen LogP contribution is 2.25. The minimum absolute atomic E-state index is 0.0133. The summed E-state index contributed by atoms with van der Waals surface area (Å²) in [6.45, 7) is 1.45. The van der Waals surface area contributed by atoms with Crippen molar-refractivity contribution in [2.24, 2.45) is 0 Å². The largest absolute Gasteiger partial charge is 0.327 e. The maximum Gasteiger partial charge on any atom is 0.254 e. The van der Waals surface area contributed by atoms with Crippen LogP contribution in [0.2, 0.25) is 0 Å². The maximum atomic E-state index is 13.7. The Morgan fingerprint density at radius 2 is 1.33 bits per heavy atom. The van der Waals surface area contributed by atoms with Gasteiger partial charge in [0.05, 0.1) is 6.04 Å². The van der Waals surface area contributed by atoms with Crippen molar-refractivity contribution in [1.82, 2.24) is 10.2 Å². The zero-order valence-electron chi connectivity index (χ0n) is 25.2. The Labute approximate surface area is 264 Å². The first-order valence-electron chi connectivity index (χ1n) is 15.7. The zero-order valence-corrected chi connectivity index (χ0v) is 25.2. The number of nitrogens with one attached hydrogen (secondary N) is 3. The number of rotatable bonds is 9. The fourth-order valence-corrected chi connectivity index (χ4v) is 6.05. The number of nitrogens with zero attached hydrogens (tertiary/aromatic N) is 1. The first-order chi connectivity index (χ1) is 22.0. The summed E-state index contributed by atoms with van der Waals surface area (Å²) in [6.07, 6.45) is 8.01. The first kappa shape index (κ1) is 30.0. The zero-order chi connectivity index (χ0) is 31.0. The van der Waals surface area contributed by atoms with Crippen LogP contribution in [0.1, 0.15) is 58.3 Å². The summed E-state index contributed by atoms with van der Waals surface area (Å²) in [5.74, 6) is -0.249. The van der Waals surface area contributed by atoms with Crippen LogP contribution in [-0.4, -0.2) is 47.8 Å². The van der Waals surface area contributed by atoms with Crippen LogP contribution in [-0.2, 0) is 16.0 Å². The van der Waals surface area contributed by atoms with Crippen LogP contribution in [0, 0.1) is 0 Å². The molecule has 45 heavy (non-hydrogen) atoms. The van der Waals surface area contributed by atoms with Gasteiger partial charge in [-0.25, -0.2) is 0 Å². The Morgan fingerprint density at radius 3 is 1.98 bits per heavy atom. The van der Waals surface area contributed by atoms with Crippen LogP contribution in [0.3, 0.4) is 0 Å². The van der Waals surface area contributed by atoms with Gasteiger partial charge in [0.2, 0.25) is 11.8 Å². The fourth-order valence-electron chi connectivity index (χ4n) is 6.05. The van der Waals surface area contributed by atoms with Gasteiger partial charge in [0, 0.05) is 23.5 Å². The fraction of sp³-hybridized carbons (Fsp3) is 0.237. The molecule has 6 rings (SSSR count). The van der Waals surface area contributed by atoms with Crippen LogP contribution in [0.5, 0.6) is 0 Å². The molecule has 2 fully saturated rings. The van der Waals surface area contributed by atoms with Crippen LogP contribution < -0.4 is 16.0 Å². The van der Waals surface area contributed by atoms with E-state index < -0.39 is 6.04 Å². The van der Waals surface area contributed by atoms with Crippen LogP contribution >= 0.6 is 0 Å². The highest BCUT2D eigenvalue weighted by atomic mass is 16.2. The summed E-state index contributed by atoms with van der Waals surface area (Å²) < 4.78 is 0. The molecule has 2 aliphatic rings. The van der Waals surface area contributed by atoms with E-state index in [0.29, 0.717) is 30.6 Å². The summed E-state index contributed by atoms with van der Waals surface area (Å²) >= 11 is 0. The molecular weight excluding hydrogens is 560 g/mol. The Kier molecular flexibility index (Phi) is 9.47. The van der Waals surface area contributed by atoms with Crippen LogP contribution in [0.15, 0.2) is 103 Å². The summed E-state index contributed by atoms with van der Waals surface area (Å²) in [5.41, 5.74) is 6.23. The lowest BCUT2D eigenvalue weighted by atomic mass is 9.98. The summed E-state index contributed by atoms with van der Waals surface area (Å²) in [6, 6.07) is 32.6. The lowest BCUT2D eigenvalue weighted by Gasteiger charge is -2.25. The highest BCUT2D eigenvalue weighted by Gasteiger charge is 2.35. The number of amides is 3. The molecule has 0 radical (unpaired) electrons. The molecule has 7 nitrogen and oxygen atoms in total. The molecular formula is C38H38N4O3. The van der Waals surface area contributed by atoms with Gasteiger partial charge < -0.3 is 20.9 Å². The smallest absolute Gasteiger partial charge is 0.254 e. The Hall–Kier alpha value is -5.01. The molecule has 0 aromatic heterocycles. The van der Waals surface area contributed by atoms with Gasteiger partial charge in [-0.1, -0.05) is 84.9 Å². The van der Waals surface area contributed by atoms with Crippen molar-refractivity contribution in [2.45, 2.75) is 44.2 Å². The van der Waals surface area contributed by atoms with Crippen molar-refractivity contribution in [3.8, 4) is 0 Å². The number of likely N-dealkylation sites (tertiary alicyclic amines) is 1. The number of benzene rings is 4. The van der Waals surface area contributed by atoms with Crippen molar-refractivity contribution in [3.05, 3.63) is 131 Å².